The van der Waals surface area contributed by atoms with E-state index in [2.05, 4.69) is 11.9 Å². The van der Waals surface area contributed by atoms with Crippen LogP contribution in [-0.2, 0) is 11.2 Å². The van der Waals surface area contributed by atoms with E-state index in [9.17, 15) is 14.3 Å². The fourth-order valence-electron chi connectivity index (χ4n) is 8.23. The molecule has 1 aromatic heterocycles. The first-order valence-corrected chi connectivity index (χ1v) is 12.5. The van der Waals surface area contributed by atoms with Crippen LogP contribution in [0.2, 0.25) is 0 Å². The quantitative estimate of drug-likeness (QED) is 0.727. The highest BCUT2D eigenvalue weighted by molar-refractivity contribution is 7.09. The summed E-state index contributed by atoms with van der Waals surface area (Å²) in [5.74, 6) is 3.87. The Labute approximate surface area is 177 Å². The lowest BCUT2D eigenvalue weighted by Gasteiger charge is -2.57. The zero-order valence-electron chi connectivity index (χ0n) is 17.5. The molecule has 8 atom stereocenters. The molecule has 5 rings (SSSR count). The van der Waals surface area contributed by atoms with Crippen molar-refractivity contribution in [3.63, 3.8) is 0 Å². The van der Waals surface area contributed by atoms with Crippen LogP contribution in [0, 0.1) is 40.9 Å². The van der Waals surface area contributed by atoms with Crippen molar-refractivity contribution >= 4 is 17.1 Å². The fourth-order valence-corrected chi connectivity index (χ4v) is 8.85. The normalized spacial score (nSPS) is 46.6. The summed E-state index contributed by atoms with van der Waals surface area (Å²) in [4.78, 5) is 17.5. The van der Waals surface area contributed by atoms with E-state index in [4.69, 9.17) is 0 Å². The first kappa shape index (κ1) is 20.1. The van der Waals surface area contributed by atoms with Gasteiger partial charge in [0.25, 0.3) is 0 Å². The van der Waals surface area contributed by atoms with Crippen molar-refractivity contribution in [2.24, 2.45) is 40.9 Å². The number of rotatable bonds is 4. The molecule has 1 aromatic rings. The molecule has 0 spiro atoms. The second-order valence-electron chi connectivity index (χ2n) is 10.8. The molecule has 0 amide bonds. The number of Topliss-reactive ketones (excluding diaryl/α,β-unsaturated/α-hetero) is 1. The van der Waals surface area contributed by atoms with Crippen molar-refractivity contribution in [3.05, 3.63) is 16.6 Å². The summed E-state index contributed by atoms with van der Waals surface area (Å²) in [6.07, 6.45) is 11.5. The van der Waals surface area contributed by atoms with Crippen LogP contribution in [0.1, 0.15) is 69.7 Å². The van der Waals surface area contributed by atoms with Crippen molar-refractivity contribution in [3.8, 4) is 0 Å². The maximum Gasteiger partial charge on any atom is 0.143 e. The summed E-state index contributed by atoms with van der Waals surface area (Å²) < 4.78 is 13.3. The molecule has 29 heavy (non-hydrogen) atoms. The minimum Gasteiger partial charge on any atom is -0.387 e. The predicted octanol–water partition coefficient (Wildman–Crippen LogP) is 5.22. The van der Waals surface area contributed by atoms with Gasteiger partial charge in [-0.3, -0.25) is 4.79 Å². The number of fused-ring (bicyclic) bond motifs is 5. The van der Waals surface area contributed by atoms with Crippen LogP contribution in [-0.4, -0.2) is 28.1 Å². The van der Waals surface area contributed by atoms with E-state index in [0.717, 1.165) is 42.5 Å². The highest BCUT2D eigenvalue weighted by Gasteiger charge is 2.58. The molecule has 1 N–H and O–H groups in total. The van der Waals surface area contributed by atoms with Gasteiger partial charge in [-0.2, -0.15) is 0 Å². The Morgan fingerprint density at radius 2 is 2.00 bits per heavy atom. The average Bonchev–Trinajstić information content (AvgIpc) is 3.34. The number of carbonyl (C=O) groups is 1. The van der Waals surface area contributed by atoms with Crippen molar-refractivity contribution < 1.29 is 14.3 Å². The molecule has 4 aliphatic rings. The second-order valence-corrected chi connectivity index (χ2v) is 11.8. The Kier molecular flexibility index (Phi) is 5.13. The van der Waals surface area contributed by atoms with E-state index in [1.807, 2.05) is 5.38 Å². The predicted molar refractivity (Wildman–Crippen MR) is 112 cm³/mol. The Bertz CT molecular complexity index is 754. The lowest BCUT2D eigenvalue weighted by Crippen LogP contribution is -2.52. The summed E-state index contributed by atoms with van der Waals surface area (Å²) in [5.41, 5.74) is -0.908. The van der Waals surface area contributed by atoms with Gasteiger partial charge in [0.1, 0.15) is 12.5 Å². The molecule has 0 bridgehead atoms. The van der Waals surface area contributed by atoms with Gasteiger partial charge in [0.05, 0.1) is 17.0 Å². The summed E-state index contributed by atoms with van der Waals surface area (Å²) in [6.45, 7) is 1.81. The monoisotopic (exact) mass is 419 g/mol. The molecule has 3 nitrogen and oxygen atoms in total. The molecular weight excluding hydrogens is 385 g/mol. The summed E-state index contributed by atoms with van der Waals surface area (Å²) in [7, 11) is 0. The van der Waals surface area contributed by atoms with Crippen molar-refractivity contribution in [2.75, 3.05) is 6.67 Å². The maximum atomic E-state index is 13.3. The van der Waals surface area contributed by atoms with Crippen LogP contribution in [0.25, 0.3) is 0 Å². The largest absolute Gasteiger partial charge is 0.387 e. The second kappa shape index (κ2) is 7.40. The molecule has 0 radical (unpaired) electrons. The number of hydrogen-bond donors (Lipinski definition) is 1. The number of alkyl halides is 1. The van der Waals surface area contributed by atoms with Gasteiger partial charge in [-0.25, -0.2) is 9.37 Å². The van der Waals surface area contributed by atoms with Gasteiger partial charge in [0.2, 0.25) is 0 Å². The summed E-state index contributed by atoms with van der Waals surface area (Å²) >= 11 is 1.59. The number of nitrogens with zero attached hydrogens (tertiary/aromatic N) is 1. The number of aromatic nitrogens is 1. The SMILES string of the molecule is C[C@]12CC[C@H]3[C@@H](CC[C@H]4C[C@@](O)(CF)CC[C@@H]43)[C@@H]1CC[C@@H]2C(=O)Cc1nccs1. The van der Waals surface area contributed by atoms with Crippen molar-refractivity contribution in [2.45, 2.75) is 76.7 Å². The van der Waals surface area contributed by atoms with E-state index < -0.39 is 12.3 Å². The van der Waals surface area contributed by atoms with E-state index >= 15 is 0 Å². The van der Waals surface area contributed by atoms with Crippen LogP contribution >= 0.6 is 11.3 Å². The zero-order chi connectivity index (χ0) is 20.2. The number of halogens is 1. The van der Waals surface area contributed by atoms with Crippen LogP contribution in [0.15, 0.2) is 11.6 Å². The van der Waals surface area contributed by atoms with Crippen molar-refractivity contribution in [1.29, 1.82) is 0 Å². The molecule has 1 heterocycles. The zero-order valence-corrected chi connectivity index (χ0v) is 18.3. The molecule has 160 valence electrons. The Hall–Kier alpha value is -0.810. The molecule has 0 unspecified atom stereocenters. The third kappa shape index (κ3) is 3.31. The van der Waals surface area contributed by atoms with Gasteiger partial charge >= 0.3 is 0 Å². The highest BCUT2D eigenvalue weighted by Crippen LogP contribution is 2.64. The van der Waals surface area contributed by atoms with Gasteiger partial charge in [0.15, 0.2) is 0 Å². The number of carbonyl (C=O) groups excluding carboxylic acids is 1. The lowest BCUT2D eigenvalue weighted by atomic mass is 9.49. The van der Waals surface area contributed by atoms with Crippen LogP contribution in [0.3, 0.4) is 0 Å². The minimum absolute atomic E-state index is 0.149. The standard InChI is InChI=1S/C24H34FNO2S/c1-23-8-6-17-16-7-9-24(28,14-25)13-15(16)2-3-18(17)19(23)4-5-20(23)21(27)12-22-26-10-11-29-22/h10-11,15-20,28H,2-9,12-14H2,1H3/t15-,16-,17+,18+,19-,20+,23-,24+/m0/s1. The minimum atomic E-state index is -1.06. The summed E-state index contributed by atoms with van der Waals surface area (Å²) in [5, 5.41) is 13.4. The average molecular weight is 420 g/mol. The van der Waals surface area contributed by atoms with Crippen LogP contribution in [0.5, 0.6) is 0 Å². The Morgan fingerprint density at radius 1 is 1.17 bits per heavy atom. The molecule has 5 heteroatoms. The molecule has 0 aromatic carbocycles. The Balaban J connectivity index is 1.31. The van der Waals surface area contributed by atoms with Crippen molar-refractivity contribution in [1.82, 2.24) is 4.98 Å². The Morgan fingerprint density at radius 3 is 2.76 bits per heavy atom. The van der Waals surface area contributed by atoms with E-state index in [1.165, 1.54) is 19.3 Å². The smallest absolute Gasteiger partial charge is 0.143 e. The van der Waals surface area contributed by atoms with Crippen LogP contribution in [0.4, 0.5) is 4.39 Å². The van der Waals surface area contributed by atoms with Gasteiger partial charge in [-0.15, -0.1) is 11.3 Å². The van der Waals surface area contributed by atoms with Gasteiger partial charge in [0, 0.05) is 17.5 Å². The molecule has 4 aliphatic carbocycles. The van der Waals surface area contributed by atoms with E-state index in [-0.39, 0.29) is 11.3 Å². The van der Waals surface area contributed by atoms with Gasteiger partial charge in [-0.1, -0.05) is 6.92 Å². The summed E-state index contributed by atoms with van der Waals surface area (Å²) in [6, 6.07) is 0. The van der Waals surface area contributed by atoms with Crippen LogP contribution < -0.4 is 0 Å². The lowest BCUT2D eigenvalue weighted by molar-refractivity contribution is -0.133. The third-order valence-electron chi connectivity index (χ3n) is 9.55. The molecule has 4 saturated carbocycles. The molecule has 0 saturated heterocycles. The molecule has 0 aliphatic heterocycles. The number of aliphatic hydroxyl groups is 1. The first-order valence-electron chi connectivity index (χ1n) is 11.6. The number of ketones is 1. The highest BCUT2D eigenvalue weighted by atomic mass is 32.1. The molecular formula is C24H34FNO2S. The first-order chi connectivity index (χ1) is 13.9. The van der Waals surface area contributed by atoms with Gasteiger partial charge < -0.3 is 5.11 Å². The van der Waals surface area contributed by atoms with E-state index in [1.54, 1.807) is 17.5 Å². The third-order valence-corrected chi connectivity index (χ3v) is 10.3. The number of thiazole rings is 1. The van der Waals surface area contributed by atoms with E-state index in [0.29, 0.717) is 42.8 Å². The number of hydrogen-bond acceptors (Lipinski definition) is 4. The van der Waals surface area contributed by atoms with Gasteiger partial charge in [-0.05, 0) is 92.8 Å². The fraction of sp³-hybridized carbons (Fsp3) is 0.833. The molecule has 4 fully saturated rings. The topological polar surface area (TPSA) is 50.2 Å². The maximum absolute atomic E-state index is 13.3.